The number of rotatable bonds is 6. The van der Waals surface area contributed by atoms with Crippen molar-refractivity contribution >= 4 is 28.2 Å². The molecule has 0 aliphatic heterocycles. The Bertz CT molecular complexity index is 1120. The van der Waals surface area contributed by atoms with Crippen molar-refractivity contribution in [2.24, 2.45) is 5.92 Å². The van der Waals surface area contributed by atoms with Gasteiger partial charge in [-0.05, 0) is 42.9 Å². The molecule has 1 unspecified atom stereocenters. The number of ether oxygens (including phenoxy) is 1. The van der Waals surface area contributed by atoms with E-state index in [9.17, 15) is 4.79 Å². The molecule has 0 saturated carbocycles. The third kappa shape index (κ3) is 4.14. The second kappa shape index (κ2) is 8.19. The maximum Gasteiger partial charge on any atom is 0.303 e. The summed E-state index contributed by atoms with van der Waals surface area (Å²) in [5.41, 5.74) is 4.07. The Kier molecular flexibility index (Phi) is 5.30. The number of furan rings is 1. The number of hydrogen-bond donors (Lipinski definition) is 1. The van der Waals surface area contributed by atoms with Crippen LogP contribution in [0, 0.1) is 12.5 Å². The second-order valence-electron chi connectivity index (χ2n) is 7.14. The molecule has 1 N–H and O–H groups in total. The summed E-state index contributed by atoms with van der Waals surface area (Å²) in [5, 5.41) is 9.73. The van der Waals surface area contributed by atoms with E-state index >= 15 is 0 Å². The minimum absolute atomic E-state index is 0.199. The molecule has 2 heterocycles. The molecule has 6 nitrogen and oxygen atoms in total. The van der Waals surface area contributed by atoms with E-state index in [1.165, 1.54) is 0 Å². The highest BCUT2D eigenvalue weighted by atomic mass is 16.5. The van der Waals surface area contributed by atoms with E-state index < -0.39 is 5.97 Å². The maximum atomic E-state index is 10.9. The lowest BCUT2D eigenvalue weighted by molar-refractivity contribution is -0.138. The molecule has 1 aliphatic carbocycles. The number of aromatic nitrogens is 1. The van der Waals surface area contributed by atoms with E-state index in [1.54, 1.807) is 18.4 Å². The largest absolute Gasteiger partial charge is 0.481 e. The number of benzene rings is 1. The topological polar surface area (TPSA) is 76.9 Å². The summed E-state index contributed by atoms with van der Waals surface area (Å²) >= 11 is 0. The monoisotopic (exact) mass is 388 g/mol. The zero-order chi connectivity index (χ0) is 20.2. The van der Waals surface area contributed by atoms with Gasteiger partial charge < -0.3 is 14.3 Å². The SMILES string of the molecule is [C-]#[N+]c1ccc(COc2cccc(C3=CCC(CC(=O)O)CC3)n2)c2occc12. The summed E-state index contributed by atoms with van der Waals surface area (Å²) in [5.74, 6) is -0.0229. The van der Waals surface area contributed by atoms with Crippen LogP contribution in [0.5, 0.6) is 5.88 Å². The second-order valence-corrected chi connectivity index (χ2v) is 7.14. The maximum absolute atomic E-state index is 10.9. The Labute approximate surface area is 168 Å². The smallest absolute Gasteiger partial charge is 0.303 e. The van der Waals surface area contributed by atoms with Crippen LogP contribution in [0.3, 0.4) is 0 Å². The van der Waals surface area contributed by atoms with Crippen LogP contribution in [0.4, 0.5) is 5.69 Å². The van der Waals surface area contributed by atoms with Gasteiger partial charge in [-0.15, -0.1) is 0 Å². The molecule has 146 valence electrons. The molecular weight excluding hydrogens is 368 g/mol. The van der Waals surface area contributed by atoms with Gasteiger partial charge in [0, 0.05) is 23.4 Å². The molecule has 0 saturated heterocycles. The van der Waals surface area contributed by atoms with Crippen molar-refractivity contribution in [3.05, 3.63) is 71.4 Å². The van der Waals surface area contributed by atoms with Crippen LogP contribution in [-0.2, 0) is 11.4 Å². The lowest BCUT2D eigenvalue weighted by atomic mass is 9.86. The average Bonchev–Trinajstić information content (AvgIpc) is 3.23. The van der Waals surface area contributed by atoms with Crippen LogP contribution in [0.25, 0.3) is 21.4 Å². The van der Waals surface area contributed by atoms with E-state index in [4.69, 9.17) is 20.8 Å². The van der Waals surface area contributed by atoms with E-state index in [0.29, 0.717) is 23.8 Å². The first kappa shape index (κ1) is 18.8. The fourth-order valence-electron chi connectivity index (χ4n) is 3.69. The normalized spacial score (nSPS) is 16.2. The van der Waals surface area contributed by atoms with Gasteiger partial charge in [-0.25, -0.2) is 9.83 Å². The molecule has 1 aliphatic rings. The Balaban J connectivity index is 1.47. The lowest BCUT2D eigenvalue weighted by Crippen LogP contribution is -2.11. The Morgan fingerprint density at radius 3 is 2.97 bits per heavy atom. The van der Waals surface area contributed by atoms with Crippen LogP contribution in [0.15, 0.2) is 53.2 Å². The molecular formula is C23H20N2O4. The van der Waals surface area contributed by atoms with Gasteiger partial charge in [0.1, 0.15) is 12.2 Å². The number of hydrogen-bond acceptors (Lipinski definition) is 4. The van der Waals surface area contributed by atoms with Crippen molar-refractivity contribution < 1.29 is 19.1 Å². The van der Waals surface area contributed by atoms with Crippen LogP contribution >= 0.6 is 0 Å². The van der Waals surface area contributed by atoms with Crippen molar-refractivity contribution in [1.29, 1.82) is 0 Å². The average molecular weight is 388 g/mol. The van der Waals surface area contributed by atoms with Gasteiger partial charge in [0.05, 0.1) is 18.5 Å². The minimum atomic E-state index is -0.740. The summed E-state index contributed by atoms with van der Waals surface area (Å²) in [6.45, 7) is 7.54. The molecule has 3 aromatic rings. The number of fused-ring (bicyclic) bond motifs is 1. The molecule has 4 rings (SSSR count). The molecule has 0 radical (unpaired) electrons. The highest BCUT2D eigenvalue weighted by Gasteiger charge is 2.19. The van der Waals surface area contributed by atoms with Crippen molar-refractivity contribution in [1.82, 2.24) is 4.98 Å². The number of carboxylic acid groups (broad SMARTS) is 1. The van der Waals surface area contributed by atoms with Gasteiger partial charge in [0.2, 0.25) is 5.88 Å². The standard InChI is InChI=1S/C23H20N2O4/c1-24-20-10-9-17(23-18(20)11-12-28-23)14-29-21-4-2-3-19(25-21)16-7-5-15(6-8-16)13-22(26)27/h2-4,7,9-12,15H,5-6,8,13-14H2,(H,26,27). The van der Waals surface area contributed by atoms with E-state index in [-0.39, 0.29) is 12.3 Å². The number of carbonyl (C=O) groups is 1. The van der Waals surface area contributed by atoms with Crippen LogP contribution < -0.4 is 4.74 Å². The number of carboxylic acids is 1. The van der Waals surface area contributed by atoms with Gasteiger partial charge in [-0.1, -0.05) is 24.3 Å². The fourth-order valence-corrected chi connectivity index (χ4v) is 3.69. The minimum Gasteiger partial charge on any atom is -0.481 e. The van der Waals surface area contributed by atoms with Crippen molar-refractivity contribution in [2.45, 2.75) is 32.3 Å². The number of allylic oxidation sites excluding steroid dienone is 2. The summed E-state index contributed by atoms with van der Waals surface area (Å²) in [7, 11) is 0. The number of aliphatic carboxylic acids is 1. The third-order valence-electron chi connectivity index (χ3n) is 5.21. The molecule has 2 aromatic heterocycles. The highest BCUT2D eigenvalue weighted by molar-refractivity contribution is 5.93. The van der Waals surface area contributed by atoms with Gasteiger partial charge in [0.15, 0.2) is 5.69 Å². The fraction of sp³-hybridized carbons (Fsp3) is 0.261. The Morgan fingerprint density at radius 2 is 2.21 bits per heavy atom. The van der Waals surface area contributed by atoms with Crippen LogP contribution in [0.2, 0.25) is 0 Å². The lowest BCUT2D eigenvalue weighted by Gasteiger charge is -2.20. The van der Waals surface area contributed by atoms with Crippen molar-refractivity contribution in [3.8, 4) is 5.88 Å². The van der Waals surface area contributed by atoms with Crippen LogP contribution in [-0.4, -0.2) is 16.1 Å². The molecule has 0 fully saturated rings. The molecule has 0 spiro atoms. The summed E-state index contributed by atoms with van der Waals surface area (Å²) in [6, 6.07) is 11.1. The molecule has 29 heavy (non-hydrogen) atoms. The number of pyridine rings is 1. The summed E-state index contributed by atoms with van der Waals surface area (Å²) < 4.78 is 11.4. The van der Waals surface area contributed by atoms with Crippen LogP contribution in [0.1, 0.15) is 36.9 Å². The zero-order valence-corrected chi connectivity index (χ0v) is 15.8. The third-order valence-corrected chi connectivity index (χ3v) is 5.21. The van der Waals surface area contributed by atoms with E-state index in [1.807, 2.05) is 24.3 Å². The van der Waals surface area contributed by atoms with E-state index in [2.05, 4.69) is 15.9 Å². The number of nitrogens with zero attached hydrogens (tertiary/aromatic N) is 2. The summed E-state index contributed by atoms with van der Waals surface area (Å²) in [6.07, 6.45) is 6.33. The first-order valence-corrected chi connectivity index (χ1v) is 9.51. The molecule has 1 aromatic carbocycles. The van der Waals surface area contributed by atoms with Crippen molar-refractivity contribution in [2.75, 3.05) is 0 Å². The zero-order valence-electron chi connectivity index (χ0n) is 15.8. The van der Waals surface area contributed by atoms with Gasteiger partial charge in [0.25, 0.3) is 0 Å². The molecule has 0 bridgehead atoms. The summed E-state index contributed by atoms with van der Waals surface area (Å²) in [4.78, 5) is 19.0. The predicted molar refractivity (Wildman–Crippen MR) is 109 cm³/mol. The first-order chi connectivity index (χ1) is 14.1. The predicted octanol–water partition coefficient (Wildman–Crippen LogP) is 5.62. The molecule has 1 atom stereocenters. The Hall–Kier alpha value is -3.59. The van der Waals surface area contributed by atoms with E-state index in [0.717, 1.165) is 41.5 Å². The van der Waals surface area contributed by atoms with Gasteiger partial charge >= 0.3 is 5.97 Å². The van der Waals surface area contributed by atoms with Gasteiger partial charge in [-0.2, -0.15) is 0 Å². The highest BCUT2D eigenvalue weighted by Crippen LogP contribution is 2.32. The molecule has 0 amide bonds. The quantitative estimate of drug-likeness (QED) is 0.555. The van der Waals surface area contributed by atoms with Crippen molar-refractivity contribution in [3.63, 3.8) is 0 Å². The molecule has 6 heteroatoms. The van der Waals surface area contributed by atoms with Gasteiger partial charge in [-0.3, -0.25) is 4.79 Å². The Morgan fingerprint density at radius 1 is 1.31 bits per heavy atom. The first-order valence-electron chi connectivity index (χ1n) is 9.51.